The summed E-state index contributed by atoms with van der Waals surface area (Å²) in [5.41, 5.74) is 11.5. The van der Waals surface area contributed by atoms with E-state index in [1.807, 2.05) is 13.1 Å². The summed E-state index contributed by atoms with van der Waals surface area (Å²) in [7, 11) is 0. The second-order valence-electron chi connectivity index (χ2n) is 4.39. The first-order valence-corrected chi connectivity index (χ1v) is 5.10. The number of aryl methyl sites for hydroxylation is 1. The second-order valence-corrected chi connectivity index (χ2v) is 4.39. The molecule has 1 aliphatic carbocycles. The summed E-state index contributed by atoms with van der Waals surface area (Å²) in [5.74, 6) is -0.211. The number of nitrogens with zero attached hydrogens (tertiary/aromatic N) is 2. The van der Waals surface area contributed by atoms with Gasteiger partial charge in [0.15, 0.2) is 0 Å². The highest BCUT2D eigenvalue weighted by Crippen LogP contribution is 2.38. The molecule has 1 fully saturated rings. The Morgan fingerprint density at radius 3 is 2.80 bits per heavy atom. The zero-order valence-corrected chi connectivity index (χ0v) is 8.81. The van der Waals surface area contributed by atoms with Crippen LogP contribution in [-0.2, 0) is 11.3 Å². The molecule has 1 atom stereocenters. The third-order valence-corrected chi connectivity index (χ3v) is 2.95. The van der Waals surface area contributed by atoms with Crippen LogP contribution in [0.1, 0.15) is 18.4 Å². The lowest BCUT2D eigenvalue weighted by Crippen LogP contribution is -2.56. The molecule has 1 amide bonds. The molecule has 4 N–H and O–H groups in total. The van der Waals surface area contributed by atoms with Crippen molar-refractivity contribution < 1.29 is 4.79 Å². The smallest absolute Gasteiger partial charge is 0.239 e. The Labute approximate surface area is 88.4 Å². The molecule has 0 aromatic carbocycles. The highest BCUT2D eigenvalue weighted by molar-refractivity contribution is 5.85. The average Bonchev–Trinajstić information content (AvgIpc) is 2.92. The molecule has 2 rings (SSSR count). The van der Waals surface area contributed by atoms with Gasteiger partial charge in [0.1, 0.15) is 5.54 Å². The molecule has 0 spiro atoms. The Morgan fingerprint density at radius 2 is 2.40 bits per heavy atom. The van der Waals surface area contributed by atoms with Gasteiger partial charge < -0.3 is 11.5 Å². The fraction of sp³-hybridized carbons (Fsp3) is 0.600. The SMILES string of the molecule is Cc1cnn(CC(N)(C(N)=O)C2CC2)c1. The third-order valence-electron chi connectivity index (χ3n) is 2.95. The van der Waals surface area contributed by atoms with Crippen LogP contribution in [0.5, 0.6) is 0 Å². The average molecular weight is 208 g/mol. The maximum Gasteiger partial charge on any atom is 0.239 e. The van der Waals surface area contributed by atoms with Gasteiger partial charge in [-0.25, -0.2) is 0 Å². The number of hydrogen-bond acceptors (Lipinski definition) is 3. The van der Waals surface area contributed by atoms with Gasteiger partial charge in [0.2, 0.25) is 5.91 Å². The molecule has 1 aromatic rings. The fourth-order valence-corrected chi connectivity index (χ4v) is 1.83. The van der Waals surface area contributed by atoms with Crippen LogP contribution in [-0.4, -0.2) is 21.2 Å². The number of nitrogens with two attached hydrogens (primary N) is 2. The minimum atomic E-state index is -0.932. The first-order valence-electron chi connectivity index (χ1n) is 5.10. The maximum atomic E-state index is 11.4. The first kappa shape index (κ1) is 10.2. The number of amides is 1. The molecule has 1 aliphatic rings. The number of hydrogen-bond donors (Lipinski definition) is 2. The zero-order chi connectivity index (χ0) is 11.1. The molecule has 0 saturated heterocycles. The van der Waals surface area contributed by atoms with Crippen LogP contribution in [0.15, 0.2) is 12.4 Å². The van der Waals surface area contributed by atoms with Gasteiger partial charge in [-0.05, 0) is 31.2 Å². The van der Waals surface area contributed by atoms with Gasteiger partial charge in [-0.3, -0.25) is 9.48 Å². The van der Waals surface area contributed by atoms with Crippen LogP contribution >= 0.6 is 0 Å². The number of carbonyl (C=O) groups is 1. The van der Waals surface area contributed by atoms with Gasteiger partial charge in [0.05, 0.1) is 12.7 Å². The van der Waals surface area contributed by atoms with E-state index in [0.29, 0.717) is 6.54 Å². The van der Waals surface area contributed by atoms with Crippen molar-refractivity contribution in [1.82, 2.24) is 9.78 Å². The Hall–Kier alpha value is -1.36. The Bertz CT molecular complexity index is 383. The topological polar surface area (TPSA) is 86.9 Å². The zero-order valence-electron chi connectivity index (χ0n) is 8.81. The monoisotopic (exact) mass is 208 g/mol. The molecule has 0 radical (unpaired) electrons. The number of rotatable bonds is 4. The lowest BCUT2D eigenvalue weighted by atomic mass is 9.94. The van der Waals surface area contributed by atoms with Crippen molar-refractivity contribution in [3.63, 3.8) is 0 Å². The Morgan fingerprint density at radius 1 is 1.73 bits per heavy atom. The standard InChI is InChI=1S/C10H16N4O/c1-7-4-13-14(5-7)6-10(12,9(11)15)8-2-3-8/h4-5,8H,2-3,6,12H2,1H3,(H2,11,15). The lowest BCUT2D eigenvalue weighted by Gasteiger charge is -2.25. The van der Waals surface area contributed by atoms with Crippen LogP contribution in [0.3, 0.4) is 0 Å². The van der Waals surface area contributed by atoms with Gasteiger partial charge in [-0.15, -0.1) is 0 Å². The van der Waals surface area contributed by atoms with Crippen molar-refractivity contribution in [3.8, 4) is 0 Å². The van der Waals surface area contributed by atoms with Gasteiger partial charge in [0.25, 0.3) is 0 Å². The summed E-state index contributed by atoms with van der Waals surface area (Å²) >= 11 is 0. The van der Waals surface area contributed by atoms with Crippen molar-refractivity contribution in [1.29, 1.82) is 0 Å². The van der Waals surface area contributed by atoms with E-state index < -0.39 is 11.4 Å². The first-order chi connectivity index (χ1) is 7.02. The van der Waals surface area contributed by atoms with E-state index in [4.69, 9.17) is 11.5 Å². The van der Waals surface area contributed by atoms with Gasteiger partial charge >= 0.3 is 0 Å². The molecule has 82 valence electrons. The van der Waals surface area contributed by atoms with Crippen LogP contribution in [0.2, 0.25) is 0 Å². The summed E-state index contributed by atoms with van der Waals surface area (Å²) < 4.78 is 1.69. The summed E-state index contributed by atoms with van der Waals surface area (Å²) in [5, 5.41) is 4.12. The molecule has 5 nitrogen and oxygen atoms in total. The van der Waals surface area contributed by atoms with E-state index in [-0.39, 0.29) is 5.92 Å². The summed E-state index contributed by atoms with van der Waals surface area (Å²) in [4.78, 5) is 11.4. The highest BCUT2D eigenvalue weighted by atomic mass is 16.1. The maximum absolute atomic E-state index is 11.4. The van der Waals surface area contributed by atoms with Crippen molar-refractivity contribution in [3.05, 3.63) is 18.0 Å². The molecule has 0 bridgehead atoms. The van der Waals surface area contributed by atoms with E-state index in [1.165, 1.54) is 0 Å². The lowest BCUT2D eigenvalue weighted by molar-refractivity contribution is -0.124. The number of carbonyl (C=O) groups excluding carboxylic acids is 1. The Kier molecular flexibility index (Phi) is 2.26. The fourth-order valence-electron chi connectivity index (χ4n) is 1.83. The minimum absolute atomic E-state index is 0.222. The van der Waals surface area contributed by atoms with Crippen molar-refractivity contribution in [2.24, 2.45) is 17.4 Å². The molecule has 1 aromatic heterocycles. The molecule has 1 saturated carbocycles. The Balaban J connectivity index is 2.16. The normalized spacial score (nSPS) is 19.9. The largest absolute Gasteiger partial charge is 0.368 e. The third kappa shape index (κ3) is 1.87. The van der Waals surface area contributed by atoms with E-state index >= 15 is 0 Å². The van der Waals surface area contributed by atoms with E-state index in [9.17, 15) is 4.79 Å². The summed E-state index contributed by atoms with van der Waals surface area (Å²) in [6.45, 7) is 2.32. The summed E-state index contributed by atoms with van der Waals surface area (Å²) in [6.07, 6.45) is 5.58. The van der Waals surface area contributed by atoms with Crippen molar-refractivity contribution >= 4 is 5.91 Å². The van der Waals surface area contributed by atoms with Gasteiger partial charge in [-0.1, -0.05) is 0 Å². The predicted molar refractivity (Wildman–Crippen MR) is 55.8 cm³/mol. The van der Waals surface area contributed by atoms with E-state index in [0.717, 1.165) is 18.4 Å². The van der Waals surface area contributed by atoms with E-state index in [1.54, 1.807) is 10.9 Å². The number of aromatic nitrogens is 2. The molecule has 0 aliphatic heterocycles. The van der Waals surface area contributed by atoms with Gasteiger partial charge in [-0.2, -0.15) is 5.10 Å². The minimum Gasteiger partial charge on any atom is -0.368 e. The van der Waals surface area contributed by atoms with Crippen LogP contribution < -0.4 is 11.5 Å². The van der Waals surface area contributed by atoms with E-state index in [2.05, 4.69) is 5.10 Å². The quantitative estimate of drug-likeness (QED) is 0.717. The predicted octanol–water partition coefficient (Wildman–Crippen LogP) is -0.216. The molecule has 15 heavy (non-hydrogen) atoms. The van der Waals surface area contributed by atoms with Crippen LogP contribution in [0.4, 0.5) is 0 Å². The second kappa shape index (κ2) is 3.34. The number of primary amides is 1. The van der Waals surface area contributed by atoms with Crippen LogP contribution in [0, 0.1) is 12.8 Å². The molecule has 1 heterocycles. The van der Waals surface area contributed by atoms with Gasteiger partial charge in [0, 0.05) is 6.20 Å². The van der Waals surface area contributed by atoms with Crippen LogP contribution in [0.25, 0.3) is 0 Å². The molecular weight excluding hydrogens is 192 g/mol. The highest BCUT2D eigenvalue weighted by Gasteiger charge is 2.47. The van der Waals surface area contributed by atoms with Crippen molar-refractivity contribution in [2.75, 3.05) is 0 Å². The van der Waals surface area contributed by atoms with Crippen molar-refractivity contribution in [2.45, 2.75) is 31.8 Å². The molecular formula is C10H16N4O. The summed E-state index contributed by atoms with van der Waals surface area (Å²) in [6, 6.07) is 0. The molecule has 1 unspecified atom stereocenters. The molecule has 5 heteroatoms.